The van der Waals surface area contributed by atoms with E-state index in [4.69, 9.17) is 14.8 Å². The van der Waals surface area contributed by atoms with Crippen LogP contribution >= 0.6 is 0 Å². The van der Waals surface area contributed by atoms with Crippen molar-refractivity contribution < 1.29 is 4.74 Å². The highest BCUT2D eigenvalue weighted by molar-refractivity contribution is 5.79. The van der Waals surface area contributed by atoms with Gasteiger partial charge in [0, 0.05) is 12.0 Å². The second-order valence-corrected chi connectivity index (χ2v) is 7.75. The summed E-state index contributed by atoms with van der Waals surface area (Å²) < 4.78 is 7.80. The van der Waals surface area contributed by atoms with Crippen molar-refractivity contribution in [2.75, 3.05) is 0 Å². The van der Waals surface area contributed by atoms with Gasteiger partial charge in [0.05, 0.1) is 11.7 Å². The molecule has 6 heteroatoms. The van der Waals surface area contributed by atoms with Crippen molar-refractivity contribution in [2.24, 2.45) is 0 Å². The molecule has 1 N–H and O–H groups in total. The number of aryl methyl sites for hydroxylation is 1. The highest BCUT2D eigenvalue weighted by Crippen LogP contribution is 2.34. The number of ether oxygens (including phenoxy) is 1. The molecule has 0 saturated heterocycles. The molecule has 1 aliphatic heterocycles. The Balaban J connectivity index is 1.67. The fraction of sp³-hybridized carbons (Fsp3) is 0.476. The Morgan fingerprint density at radius 3 is 2.89 bits per heavy atom. The van der Waals surface area contributed by atoms with Crippen molar-refractivity contribution >= 4 is 11.0 Å². The number of nitrogens with one attached hydrogen (secondary N) is 1. The molecular formula is C21H24N4O2. The molecule has 1 fully saturated rings. The fourth-order valence-electron chi connectivity index (χ4n) is 4.47. The normalized spacial score (nSPS) is 19.6. The maximum Gasteiger partial charge on any atom is 0.262 e. The summed E-state index contributed by atoms with van der Waals surface area (Å²) in [5.41, 5.74) is 3.56. The molecule has 0 bridgehead atoms. The van der Waals surface area contributed by atoms with Crippen LogP contribution in [0.4, 0.5) is 0 Å². The van der Waals surface area contributed by atoms with E-state index < -0.39 is 0 Å². The van der Waals surface area contributed by atoms with Crippen LogP contribution in [0.15, 0.2) is 23.0 Å². The molecule has 1 saturated carbocycles. The lowest BCUT2D eigenvalue weighted by Crippen LogP contribution is -2.12. The largest absolute Gasteiger partial charge is 0.490 e. The Hall–Kier alpha value is -2.63. The van der Waals surface area contributed by atoms with Crippen molar-refractivity contribution in [3.05, 3.63) is 39.8 Å². The maximum absolute atomic E-state index is 12.9. The van der Waals surface area contributed by atoms with Crippen LogP contribution in [0.1, 0.15) is 56.8 Å². The number of fused-ring (bicyclic) bond motifs is 2. The van der Waals surface area contributed by atoms with E-state index in [0.717, 1.165) is 48.3 Å². The van der Waals surface area contributed by atoms with E-state index in [0.29, 0.717) is 17.3 Å². The summed E-state index contributed by atoms with van der Waals surface area (Å²) in [7, 11) is 0. The van der Waals surface area contributed by atoms with Crippen LogP contribution in [-0.4, -0.2) is 25.9 Å². The number of hydrogen-bond donors (Lipinski definition) is 1. The molecule has 0 radical (unpaired) electrons. The van der Waals surface area contributed by atoms with Gasteiger partial charge in [0.1, 0.15) is 23.1 Å². The van der Waals surface area contributed by atoms with E-state index in [-0.39, 0.29) is 11.7 Å². The Kier molecular flexibility index (Phi) is 3.81. The van der Waals surface area contributed by atoms with Gasteiger partial charge in [0.25, 0.3) is 5.56 Å². The quantitative estimate of drug-likeness (QED) is 0.767. The zero-order chi connectivity index (χ0) is 18.5. The summed E-state index contributed by atoms with van der Waals surface area (Å²) in [4.78, 5) is 20.7. The highest BCUT2D eigenvalue weighted by Gasteiger charge is 2.25. The monoisotopic (exact) mass is 364 g/mol. The van der Waals surface area contributed by atoms with Crippen molar-refractivity contribution in [3.63, 3.8) is 0 Å². The minimum atomic E-state index is -0.0961. The molecule has 1 atom stereocenters. The molecule has 140 valence electrons. The van der Waals surface area contributed by atoms with E-state index in [9.17, 15) is 4.79 Å². The second-order valence-electron chi connectivity index (χ2n) is 7.75. The van der Waals surface area contributed by atoms with E-state index in [1.807, 2.05) is 23.7 Å². The van der Waals surface area contributed by atoms with Crippen LogP contribution in [0.3, 0.4) is 0 Å². The topological polar surface area (TPSA) is 72.8 Å². The average molecular weight is 364 g/mol. The fourth-order valence-corrected chi connectivity index (χ4v) is 4.47. The van der Waals surface area contributed by atoms with Gasteiger partial charge in [0.2, 0.25) is 0 Å². The molecule has 0 spiro atoms. The smallest absolute Gasteiger partial charge is 0.262 e. The number of aromatic nitrogens is 4. The van der Waals surface area contributed by atoms with Gasteiger partial charge in [-0.05, 0) is 49.9 Å². The number of H-pyrrole nitrogens is 1. The van der Waals surface area contributed by atoms with Crippen LogP contribution in [0, 0.1) is 0 Å². The predicted octanol–water partition coefficient (Wildman–Crippen LogP) is 3.79. The lowest BCUT2D eigenvalue weighted by molar-refractivity contribution is 0.254. The van der Waals surface area contributed by atoms with E-state index >= 15 is 0 Å². The molecule has 3 aromatic rings. The Morgan fingerprint density at radius 1 is 1.30 bits per heavy atom. The number of aromatic amines is 1. The third-order valence-corrected chi connectivity index (χ3v) is 5.81. The van der Waals surface area contributed by atoms with Gasteiger partial charge in [-0.15, -0.1) is 0 Å². The van der Waals surface area contributed by atoms with Crippen LogP contribution < -0.4 is 10.3 Å². The molecule has 0 amide bonds. The molecular weight excluding hydrogens is 340 g/mol. The molecule has 1 aromatic carbocycles. The van der Waals surface area contributed by atoms with Gasteiger partial charge in [0.15, 0.2) is 5.65 Å². The predicted molar refractivity (Wildman–Crippen MR) is 104 cm³/mol. The zero-order valence-corrected chi connectivity index (χ0v) is 15.8. The zero-order valence-electron chi connectivity index (χ0n) is 15.8. The molecule has 3 heterocycles. The number of nitrogens with zero attached hydrogens (tertiary/aromatic N) is 3. The molecule has 2 aliphatic rings. The first kappa shape index (κ1) is 16.5. The molecule has 1 aliphatic carbocycles. The molecule has 27 heavy (non-hydrogen) atoms. The summed E-state index contributed by atoms with van der Waals surface area (Å²) in [5, 5.41) is 5.41. The van der Waals surface area contributed by atoms with Gasteiger partial charge in [-0.2, -0.15) is 5.10 Å². The second kappa shape index (κ2) is 6.22. The third-order valence-electron chi connectivity index (χ3n) is 5.81. The van der Waals surface area contributed by atoms with Gasteiger partial charge < -0.3 is 9.72 Å². The van der Waals surface area contributed by atoms with E-state index in [1.54, 1.807) is 0 Å². The van der Waals surface area contributed by atoms with Gasteiger partial charge in [-0.1, -0.05) is 19.8 Å². The number of rotatable bonds is 3. The Labute approximate surface area is 157 Å². The van der Waals surface area contributed by atoms with E-state index in [2.05, 4.69) is 18.0 Å². The standard InChI is InChI=1S/C21H24N4O2/c1-3-16-18-20(25(24-16)15-6-4-5-7-15)22-19(23-21(18)26)13-8-9-17-14(11-13)10-12(2)27-17/h8-9,11-12,15H,3-7,10H2,1-2H3,(H,22,23,26). The first-order chi connectivity index (χ1) is 13.1. The summed E-state index contributed by atoms with van der Waals surface area (Å²) in [6.45, 7) is 4.11. The van der Waals surface area contributed by atoms with Crippen LogP contribution in [-0.2, 0) is 12.8 Å². The average Bonchev–Trinajstić information content (AvgIpc) is 3.37. The number of hydrogen-bond acceptors (Lipinski definition) is 4. The first-order valence-corrected chi connectivity index (χ1v) is 9.95. The Bertz CT molecular complexity index is 1080. The first-order valence-electron chi connectivity index (χ1n) is 9.95. The minimum Gasteiger partial charge on any atom is -0.490 e. The van der Waals surface area contributed by atoms with Crippen molar-refractivity contribution in [1.29, 1.82) is 0 Å². The van der Waals surface area contributed by atoms with Gasteiger partial charge in [-0.3, -0.25) is 4.79 Å². The lowest BCUT2D eigenvalue weighted by atomic mass is 10.1. The molecule has 2 aromatic heterocycles. The summed E-state index contributed by atoms with van der Waals surface area (Å²) in [5.74, 6) is 1.54. The minimum absolute atomic E-state index is 0.0961. The van der Waals surface area contributed by atoms with Crippen LogP contribution in [0.25, 0.3) is 22.4 Å². The summed E-state index contributed by atoms with van der Waals surface area (Å²) in [6, 6.07) is 6.38. The third kappa shape index (κ3) is 2.66. The summed E-state index contributed by atoms with van der Waals surface area (Å²) in [6.07, 6.45) is 6.46. The lowest BCUT2D eigenvalue weighted by Gasteiger charge is -2.11. The molecule has 6 nitrogen and oxygen atoms in total. The molecule has 1 unspecified atom stereocenters. The number of benzene rings is 1. The van der Waals surface area contributed by atoms with Crippen LogP contribution in [0.5, 0.6) is 5.75 Å². The molecule has 5 rings (SSSR count). The Morgan fingerprint density at radius 2 is 2.11 bits per heavy atom. The van der Waals surface area contributed by atoms with Gasteiger partial charge >= 0.3 is 0 Å². The van der Waals surface area contributed by atoms with Crippen molar-refractivity contribution in [1.82, 2.24) is 19.7 Å². The van der Waals surface area contributed by atoms with Crippen LogP contribution in [0.2, 0.25) is 0 Å². The summed E-state index contributed by atoms with van der Waals surface area (Å²) >= 11 is 0. The van der Waals surface area contributed by atoms with Crippen molar-refractivity contribution in [2.45, 2.75) is 64.5 Å². The SMILES string of the molecule is CCc1nn(C2CCCC2)c2nc(-c3ccc4c(c3)CC(C)O4)[nH]c(=O)c12. The van der Waals surface area contributed by atoms with Crippen molar-refractivity contribution in [3.8, 4) is 17.1 Å². The highest BCUT2D eigenvalue weighted by atomic mass is 16.5. The maximum atomic E-state index is 12.9. The van der Waals surface area contributed by atoms with E-state index in [1.165, 1.54) is 18.4 Å². The van der Waals surface area contributed by atoms with Gasteiger partial charge in [-0.25, -0.2) is 9.67 Å².